The van der Waals surface area contributed by atoms with Gasteiger partial charge in [-0.15, -0.1) is 0 Å². The van der Waals surface area contributed by atoms with E-state index >= 15 is 0 Å². The van der Waals surface area contributed by atoms with Gasteiger partial charge in [0.1, 0.15) is 12.6 Å². The molecule has 1 atom stereocenters. The van der Waals surface area contributed by atoms with Gasteiger partial charge in [-0.2, -0.15) is 0 Å². The van der Waals surface area contributed by atoms with Crippen LogP contribution < -0.4 is 0 Å². The minimum absolute atomic E-state index is 0.162. The number of esters is 2. The van der Waals surface area contributed by atoms with Gasteiger partial charge in [0.15, 0.2) is 0 Å². The summed E-state index contributed by atoms with van der Waals surface area (Å²) in [6.07, 6.45) is 3.49. The second kappa shape index (κ2) is 9.30. The Morgan fingerprint density at radius 3 is 2.74 bits per heavy atom. The van der Waals surface area contributed by atoms with Crippen LogP contribution in [0.25, 0.3) is 0 Å². The Kier molecular flexibility index (Phi) is 7.07. The van der Waals surface area contributed by atoms with Gasteiger partial charge in [-0.05, 0) is 31.4 Å². The third kappa shape index (κ3) is 5.67. The zero-order valence-electron chi connectivity index (χ0n) is 13.7. The molecule has 0 aliphatic carbocycles. The first-order valence-corrected chi connectivity index (χ1v) is 8.31. The molecular weight excluding hydrogens is 294 g/mol. The van der Waals surface area contributed by atoms with Crippen LogP contribution in [0.2, 0.25) is 0 Å². The van der Waals surface area contributed by atoms with Gasteiger partial charge in [-0.1, -0.05) is 43.7 Å². The molecule has 0 N–H and O–H groups in total. The van der Waals surface area contributed by atoms with Crippen LogP contribution in [-0.2, 0) is 25.7 Å². The van der Waals surface area contributed by atoms with E-state index < -0.39 is 0 Å². The van der Waals surface area contributed by atoms with Crippen LogP contribution in [0.15, 0.2) is 30.3 Å². The Morgan fingerprint density at radius 2 is 2.00 bits per heavy atom. The third-order valence-corrected chi connectivity index (χ3v) is 3.95. The number of hydrogen-bond acceptors (Lipinski definition) is 5. The van der Waals surface area contributed by atoms with Crippen molar-refractivity contribution in [1.29, 1.82) is 0 Å². The van der Waals surface area contributed by atoms with E-state index in [1.807, 2.05) is 42.2 Å². The molecule has 1 aliphatic rings. The molecule has 0 spiro atoms. The first-order valence-electron chi connectivity index (χ1n) is 8.31. The summed E-state index contributed by atoms with van der Waals surface area (Å²) in [6.45, 7) is 3.66. The molecule has 5 nitrogen and oxygen atoms in total. The van der Waals surface area contributed by atoms with E-state index in [0.717, 1.165) is 37.8 Å². The molecule has 23 heavy (non-hydrogen) atoms. The summed E-state index contributed by atoms with van der Waals surface area (Å²) < 4.78 is 10.6. The lowest BCUT2D eigenvalue weighted by molar-refractivity contribution is -0.152. The van der Waals surface area contributed by atoms with Crippen molar-refractivity contribution in [1.82, 2.24) is 4.90 Å². The van der Waals surface area contributed by atoms with Crippen LogP contribution in [0, 0.1) is 0 Å². The van der Waals surface area contributed by atoms with Gasteiger partial charge >= 0.3 is 11.9 Å². The van der Waals surface area contributed by atoms with E-state index in [0.29, 0.717) is 6.61 Å². The predicted molar refractivity (Wildman–Crippen MR) is 86.7 cm³/mol. The summed E-state index contributed by atoms with van der Waals surface area (Å²) in [6, 6.07) is 9.26. The molecule has 5 heteroatoms. The molecule has 0 saturated carbocycles. The van der Waals surface area contributed by atoms with Crippen molar-refractivity contribution in [3.05, 3.63) is 35.9 Å². The number of carbonyl (C=O) groups is 2. The van der Waals surface area contributed by atoms with Gasteiger partial charge in [0.25, 0.3) is 0 Å². The van der Waals surface area contributed by atoms with Crippen molar-refractivity contribution in [2.24, 2.45) is 0 Å². The summed E-state index contributed by atoms with van der Waals surface area (Å²) in [4.78, 5) is 25.9. The molecule has 1 saturated heterocycles. The quantitative estimate of drug-likeness (QED) is 0.544. The molecule has 2 rings (SSSR count). The summed E-state index contributed by atoms with van der Waals surface area (Å²) >= 11 is 0. The van der Waals surface area contributed by atoms with Crippen molar-refractivity contribution >= 4 is 11.9 Å². The molecule has 0 bridgehead atoms. The predicted octanol–water partition coefficient (Wildman–Crippen LogP) is 2.54. The maximum Gasteiger partial charge on any atom is 0.323 e. The highest BCUT2D eigenvalue weighted by molar-refractivity contribution is 5.78. The number of unbranched alkanes of at least 4 members (excludes halogenated alkanes) is 1. The van der Waals surface area contributed by atoms with E-state index in [1.165, 1.54) is 0 Å². The fourth-order valence-electron chi connectivity index (χ4n) is 2.65. The Labute approximate surface area is 137 Å². The Morgan fingerprint density at radius 1 is 1.22 bits per heavy atom. The second-order valence-corrected chi connectivity index (χ2v) is 5.80. The first kappa shape index (κ1) is 17.5. The number of nitrogens with zero attached hydrogens (tertiary/aromatic N) is 1. The van der Waals surface area contributed by atoms with Gasteiger partial charge in [-0.3, -0.25) is 14.5 Å². The first-order chi connectivity index (χ1) is 11.2. The molecule has 1 aromatic carbocycles. The maximum absolute atomic E-state index is 12.3. The van der Waals surface area contributed by atoms with E-state index in [1.54, 1.807) is 0 Å². The van der Waals surface area contributed by atoms with Crippen LogP contribution in [0.1, 0.15) is 38.2 Å². The third-order valence-electron chi connectivity index (χ3n) is 3.95. The molecule has 126 valence electrons. The largest absolute Gasteiger partial charge is 0.465 e. The molecule has 1 aromatic rings. The van der Waals surface area contributed by atoms with E-state index in [4.69, 9.17) is 9.47 Å². The standard InChI is InChI=1S/C18H25NO4/c1-2-3-12-22-17(20)13-19-11-7-10-16(19)18(21)23-14-15-8-5-4-6-9-15/h4-6,8-9,16H,2-3,7,10-14H2,1H3. The summed E-state index contributed by atoms with van der Waals surface area (Å²) in [7, 11) is 0. The van der Waals surface area contributed by atoms with Crippen LogP contribution >= 0.6 is 0 Å². The summed E-state index contributed by atoms with van der Waals surface area (Å²) in [5.41, 5.74) is 0.962. The molecular formula is C18H25NO4. The maximum atomic E-state index is 12.3. The van der Waals surface area contributed by atoms with Gasteiger partial charge in [0.05, 0.1) is 13.2 Å². The highest BCUT2D eigenvalue weighted by Gasteiger charge is 2.33. The van der Waals surface area contributed by atoms with Crippen LogP contribution in [0.4, 0.5) is 0 Å². The average Bonchev–Trinajstić information content (AvgIpc) is 3.02. The van der Waals surface area contributed by atoms with Crippen LogP contribution in [-0.4, -0.2) is 42.6 Å². The van der Waals surface area contributed by atoms with Crippen LogP contribution in [0.5, 0.6) is 0 Å². The van der Waals surface area contributed by atoms with Gasteiger partial charge in [0, 0.05) is 0 Å². The Balaban J connectivity index is 1.78. The topological polar surface area (TPSA) is 55.8 Å². The SMILES string of the molecule is CCCCOC(=O)CN1CCCC1C(=O)OCc1ccccc1. The van der Waals surface area contributed by atoms with Crippen molar-refractivity contribution < 1.29 is 19.1 Å². The molecule has 0 aromatic heterocycles. The zero-order chi connectivity index (χ0) is 16.5. The van der Waals surface area contributed by atoms with Crippen molar-refractivity contribution in [3.8, 4) is 0 Å². The fraction of sp³-hybridized carbons (Fsp3) is 0.556. The van der Waals surface area contributed by atoms with Gasteiger partial charge in [-0.25, -0.2) is 0 Å². The highest BCUT2D eigenvalue weighted by atomic mass is 16.5. The number of carbonyl (C=O) groups excluding carboxylic acids is 2. The number of hydrogen-bond donors (Lipinski definition) is 0. The highest BCUT2D eigenvalue weighted by Crippen LogP contribution is 2.19. The fourth-order valence-corrected chi connectivity index (χ4v) is 2.65. The molecule has 0 amide bonds. The normalized spacial score (nSPS) is 17.9. The minimum Gasteiger partial charge on any atom is -0.465 e. The Bertz CT molecular complexity index is 503. The van der Waals surface area contributed by atoms with Crippen molar-refractivity contribution in [2.45, 2.75) is 45.3 Å². The lowest BCUT2D eigenvalue weighted by atomic mass is 10.2. The minimum atomic E-state index is -0.336. The monoisotopic (exact) mass is 319 g/mol. The summed E-state index contributed by atoms with van der Waals surface area (Å²) in [5, 5.41) is 0. The lowest BCUT2D eigenvalue weighted by Gasteiger charge is -2.22. The average molecular weight is 319 g/mol. The van der Waals surface area contributed by atoms with Crippen molar-refractivity contribution in [2.75, 3.05) is 19.7 Å². The number of benzene rings is 1. The van der Waals surface area contributed by atoms with Crippen LogP contribution in [0.3, 0.4) is 0 Å². The number of ether oxygens (including phenoxy) is 2. The van der Waals surface area contributed by atoms with Crippen molar-refractivity contribution in [3.63, 3.8) is 0 Å². The molecule has 1 unspecified atom stereocenters. The van der Waals surface area contributed by atoms with Gasteiger partial charge < -0.3 is 9.47 Å². The number of rotatable bonds is 8. The number of likely N-dealkylation sites (tertiary alicyclic amines) is 1. The van der Waals surface area contributed by atoms with E-state index in [2.05, 4.69) is 0 Å². The lowest BCUT2D eigenvalue weighted by Crippen LogP contribution is -2.40. The second-order valence-electron chi connectivity index (χ2n) is 5.80. The van der Waals surface area contributed by atoms with E-state index in [9.17, 15) is 9.59 Å². The molecule has 1 aliphatic heterocycles. The Hall–Kier alpha value is -1.88. The smallest absolute Gasteiger partial charge is 0.323 e. The summed E-state index contributed by atoms with van der Waals surface area (Å²) in [5.74, 6) is -0.520. The van der Waals surface area contributed by atoms with Gasteiger partial charge in [0.2, 0.25) is 0 Å². The molecule has 1 heterocycles. The molecule has 0 radical (unpaired) electrons. The molecule has 1 fully saturated rings. The van der Waals surface area contributed by atoms with E-state index in [-0.39, 0.29) is 31.1 Å². The zero-order valence-corrected chi connectivity index (χ0v) is 13.7.